The van der Waals surface area contributed by atoms with Crippen molar-refractivity contribution in [1.29, 1.82) is 0 Å². The fourth-order valence-corrected chi connectivity index (χ4v) is 1.20. The van der Waals surface area contributed by atoms with Crippen LogP contribution in [0.25, 0.3) is 0 Å². The molecule has 0 N–H and O–H groups in total. The number of rotatable bonds is 6. The fraction of sp³-hybridized carbons (Fsp3) is 0.636. The second kappa shape index (κ2) is 7.10. The van der Waals surface area contributed by atoms with Crippen molar-refractivity contribution in [2.24, 2.45) is 0 Å². The van der Waals surface area contributed by atoms with Crippen molar-refractivity contribution < 1.29 is 31.9 Å². The molecule has 0 heterocycles. The second-order valence-electron chi connectivity index (χ2n) is 3.52. The molecule has 0 aromatic heterocycles. The van der Waals surface area contributed by atoms with Crippen LogP contribution in [0.2, 0.25) is 0 Å². The topological polar surface area (TPSA) is 46.6 Å². The number of hydrogen-bond donors (Lipinski definition) is 0. The summed E-state index contributed by atoms with van der Waals surface area (Å²) in [6.07, 6.45) is -8.21. The van der Waals surface area contributed by atoms with Crippen LogP contribution in [0, 0.1) is 0 Å². The Morgan fingerprint density at radius 3 is 2.05 bits per heavy atom. The monoisotopic (exact) mass is 285 g/mol. The number of ketones is 1. The molecule has 0 aromatic carbocycles. The van der Waals surface area contributed by atoms with Crippen molar-refractivity contribution in [2.45, 2.75) is 26.2 Å². The molecular formula is C11H15F4NO3. The zero-order chi connectivity index (χ0) is 15.2. The minimum Gasteiger partial charge on any atom is -0.465 e. The average Bonchev–Trinajstić information content (AvgIpc) is 2.36. The summed E-state index contributed by atoms with van der Waals surface area (Å²) in [6, 6.07) is 0. The average molecular weight is 285 g/mol. The fourth-order valence-electron chi connectivity index (χ4n) is 1.20. The highest BCUT2D eigenvalue weighted by Crippen LogP contribution is 2.26. The molecule has 0 amide bonds. The minimum absolute atomic E-state index is 0.341. The van der Waals surface area contributed by atoms with Crippen LogP contribution in [0.15, 0.2) is 11.8 Å². The first-order chi connectivity index (χ1) is 8.68. The molecule has 0 aromatic rings. The smallest absolute Gasteiger partial charge is 0.427 e. The van der Waals surface area contributed by atoms with E-state index in [9.17, 15) is 27.2 Å². The van der Waals surface area contributed by atoms with Gasteiger partial charge < -0.3 is 9.64 Å². The summed E-state index contributed by atoms with van der Waals surface area (Å²) in [5.41, 5.74) is -0.962. The van der Waals surface area contributed by atoms with Crippen molar-refractivity contribution in [3.63, 3.8) is 0 Å². The third kappa shape index (κ3) is 4.88. The highest BCUT2D eigenvalue weighted by atomic mass is 19.4. The highest BCUT2D eigenvalue weighted by Gasteiger charge is 2.47. The van der Waals surface area contributed by atoms with Crippen molar-refractivity contribution in [3.05, 3.63) is 11.8 Å². The van der Waals surface area contributed by atoms with Gasteiger partial charge in [-0.2, -0.15) is 13.2 Å². The van der Waals surface area contributed by atoms with E-state index in [2.05, 4.69) is 4.74 Å². The first-order valence-corrected chi connectivity index (χ1v) is 5.48. The normalized spacial score (nSPS) is 13.9. The summed E-state index contributed by atoms with van der Waals surface area (Å²) in [7, 11) is 0.895. The van der Waals surface area contributed by atoms with Gasteiger partial charge in [0.1, 0.15) is 5.57 Å². The van der Waals surface area contributed by atoms with Gasteiger partial charge in [0.25, 0.3) is 6.17 Å². The van der Waals surface area contributed by atoms with Gasteiger partial charge >= 0.3 is 12.1 Å². The van der Waals surface area contributed by atoms with Crippen molar-refractivity contribution in [3.8, 4) is 0 Å². The number of nitrogens with zero attached hydrogens (tertiary/aromatic N) is 1. The van der Waals surface area contributed by atoms with Gasteiger partial charge in [0, 0.05) is 19.3 Å². The van der Waals surface area contributed by atoms with Gasteiger partial charge in [-0.3, -0.25) is 4.79 Å². The lowest BCUT2D eigenvalue weighted by Gasteiger charge is -2.18. The van der Waals surface area contributed by atoms with Crippen LogP contribution in [0.3, 0.4) is 0 Å². The second-order valence-corrected chi connectivity index (χ2v) is 3.52. The van der Waals surface area contributed by atoms with E-state index in [1.165, 1.54) is 4.90 Å². The molecule has 110 valence electrons. The molecule has 1 atom stereocenters. The van der Waals surface area contributed by atoms with Crippen molar-refractivity contribution in [2.75, 3.05) is 20.2 Å². The molecule has 0 fully saturated rings. The van der Waals surface area contributed by atoms with E-state index >= 15 is 0 Å². The van der Waals surface area contributed by atoms with E-state index in [-0.39, 0.29) is 0 Å². The molecule has 8 heteroatoms. The lowest BCUT2D eigenvalue weighted by atomic mass is 10.1. The Bertz CT molecular complexity index is 361. The van der Waals surface area contributed by atoms with Gasteiger partial charge in [-0.25, -0.2) is 9.18 Å². The quantitative estimate of drug-likeness (QED) is 0.246. The largest absolute Gasteiger partial charge is 0.465 e. The van der Waals surface area contributed by atoms with E-state index in [4.69, 9.17) is 0 Å². The number of ether oxygens (including phenoxy) is 1. The zero-order valence-electron chi connectivity index (χ0n) is 10.8. The lowest BCUT2D eigenvalue weighted by molar-refractivity contribution is -0.183. The van der Waals surface area contributed by atoms with Crippen LogP contribution in [0.5, 0.6) is 0 Å². The Labute approximate surface area is 108 Å². The number of esters is 1. The van der Waals surface area contributed by atoms with Crippen molar-refractivity contribution in [1.82, 2.24) is 4.90 Å². The summed E-state index contributed by atoms with van der Waals surface area (Å²) in [6.45, 7) is 4.01. The van der Waals surface area contributed by atoms with Gasteiger partial charge in [0.15, 0.2) is 0 Å². The number of methoxy groups -OCH3 is 1. The summed E-state index contributed by atoms with van der Waals surface area (Å²) >= 11 is 0. The summed E-state index contributed by atoms with van der Waals surface area (Å²) in [5, 5.41) is 0. The number of hydrogen-bond acceptors (Lipinski definition) is 4. The molecule has 4 nitrogen and oxygen atoms in total. The Morgan fingerprint density at radius 1 is 1.26 bits per heavy atom. The summed E-state index contributed by atoms with van der Waals surface area (Å²) in [5.74, 6) is -3.25. The molecule has 0 spiro atoms. The highest BCUT2D eigenvalue weighted by molar-refractivity contribution is 6.19. The standard InChI is InChI=1S/C11H15F4NO3/c1-4-16(5-2)6-7(10(18)19-3)8(17)9(12)11(13,14)15/h6,9H,4-5H2,1-3H3. The van der Waals surface area contributed by atoms with Crippen LogP contribution in [-0.4, -0.2) is 49.2 Å². The Morgan fingerprint density at radius 2 is 1.74 bits per heavy atom. The lowest BCUT2D eigenvalue weighted by Crippen LogP contribution is -2.36. The summed E-state index contributed by atoms with van der Waals surface area (Å²) in [4.78, 5) is 24.0. The molecule has 0 aliphatic carbocycles. The number of Topliss-reactive ketones (excluding diaryl/α,β-unsaturated/α-hetero) is 1. The molecular weight excluding hydrogens is 270 g/mol. The molecule has 0 aliphatic rings. The molecule has 0 saturated carbocycles. The van der Waals surface area contributed by atoms with Crippen LogP contribution in [0.4, 0.5) is 17.6 Å². The van der Waals surface area contributed by atoms with Crippen LogP contribution >= 0.6 is 0 Å². The Balaban J connectivity index is 5.39. The van der Waals surface area contributed by atoms with Crippen molar-refractivity contribution >= 4 is 11.8 Å². The van der Waals surface area contributed by atoms with Gasteiger partial charge in [-0.15, -0.1) is 0 Å². The van der Waals surface area contributed by atoms with E-state index in [0.29, 0.717) is 13.1 Å². The van der Waals surface area contributed by atoms with Gasteiger partial charge in [-0.05, 0) is 13.8 Å². The van der Waals surface area contributed by atoms with Crippen LogP contribution in [0.1, 0.15) is 13.8 Å². The van der Waals surface area contributed by atoms with Crippen LogP contribution in [-0.2, 0) is 14.3 Å². The maximum Gasteiger partial charge on any atom is 0.427 e. The molecule has 0 radical (unpaired) electrons. The predicted molar refractivity (Wildman–Crippen MR) is 59.0 cm³/mol. The van der Waals surface area contributed by atoms with E-state index < -0.39 is 29.7 Å². The molecule has 0 rings (SSSR count). The van der Waals surface area contributed by atoms with E-state index in [1.54, 1.807) is 13.8 Å². The number of halogens is 4. The Hall–Kier alpha value is -1.60. The molecule has 0 saturated heterocycles. The SMILES string of the molecule is CCN(C=C(C(=O)OC)C(=O)C(F)C(F)(F)F)CC. The first kappa shape index (κ1) is 17.4. The van der Waals surface area contributed by atoms with Crippen LogP contribution < -0.4 is 0 Å². The molecule has 1 unspecified atom stereocenters. The number of carbonyl (C=O) groups is 2. The van der Waals surface area contributed by atoms with Gasteiger partial charge in [0.05, 0.1) is 7.11 Å². The third-order valence-electron chi connectivity index (χ3n) is 2.31. The van der Waals surface area contributed by atoms with Gasteiger partial charge in [0.2, 0.25) is 5.78 Å². The molecule has 19 heavy (non-hydrogen) atoms. The van der Waals surface area contributed by atoms with Gasteiger partial charge in [-0.1, -0.05) is 0 Å². The number of carbonyl (C=O) groups excluding carboxylic acids is 2. The predicted octanol–water partition coefficient (Wildman–Crippen LogP) is 1.85. The molecule has 0 bridgehead atoms. The van der Waals surface area contributed by atoms with E-state index in [0.717, 1.165) is 13.3 Å². The maximum absolute atomic E-state index is 13.0. The van der Waals surface area contributed by atoms with E-state index in [1.807, 2.05) is 0 Å². The first-order valence-electron chi connectivity index (χ1n) is 5.48. The summed E-state index contributed by atoms with van der Waals surface area (Å²) < 4.78 is 53.6. The minimum atomic E-state index is -5.35. The zero-order valence-corrected chi connectivity index (χ0v) is 10.8. The Kier molecular flexibility index (Phi) is 6.51. The molecule has 0 aliphatic heterocycles. The maximum atomic E-state index is 13.0. The third-order valence-corrected chi connectivity index (χ3v) is 2.31. The number of alkyl halides is 4.